The average Bonchev–Trinajstić information content (AvgIpc) is 2.16. The monoisotopic (exact) mass is 268 g/mol. The van der Waals surface area contributed by atoms with E-state index < -0.39 is 21.8 Å². The van der Waals surface area contributed by atoms with Crippen LogP contribution in [-0.4, -0.2) is 20.2 Å². The van der Waals surface area contributed by atoms with Crippen LogP contribution in [0, 0.1) is 6.07 Å². The molecule has 0 saturated carbocycles. The van der Waals surface area contributed by atoms with Gasteiger partial charge in [-0.2, -0.15) is 17.9 Å². The van der Waals surface area contributed by atoms with E-state index in [1.807, 2.05) is 0 Å². The molecule has 0 bridgehead atoms. The summed E-state index contributed by atoms with van der Waals surface area (Å²) < 4.78 is 63.8. The van der Waals surface area contributed by atoms with Gasteiger partial charge in [-0.3, -0.25) is 0 Å². The highest BCUT2D eigenvalue weighted by Gasteiger charge is 2.46. The second kappa shape index (κ2) is 4.92. The van der Waals surface area contributed by atoms with Gasteiger partial charge in [-0.05, 0) is 25.1 Å². The normalized spacial score (nSPS) is 14.4. The maximum atomic E-state index is 12.0. The van der Waals surface area contributed by atoms with Crippen molar-refractivity contribution in [3.63, 3.8) is 0 Å². The van der Waals surface area contributed by atoms with Crippen LogP contribution >= 0.6 is 0 Å². The zero-order valence-electron chi connectivity index (χ0n) is 8.65. The van der Waals surface area contributed by atoms with Crippen LogP contribution in [0.25, 0.3) is 0 Å². The highest BCUT2D eigenvalue weighted by Crippen LogP contribution is 2.22. The second-order valence-corrected chi connectivity index (χ2v) is 4.77. The van der Waals surface area contributed by atoms with Crippen molar-refractivity contribution in [1.29, 1.82) is 0 Å². The summed E-state index contributed by atoms with van der Waals surface area (Å²) in [6.45, 7) is 1.15. The van der Waals surface area contributed by atoms with Crippen LogP contribution in [0.4, 0.5) is 13.2 Å². The third kappa shape index (κ3) is 3.90. The smallest absolute Gasteiger partial charge is 0.475 e. The summed E-state index contributed by atoms with van der Waals surface area (Å²) in [6, 6.07) is 8.54. The predicted octanol–water partition coefficient (Wildman–Crippen LogP) is 1.65. The van der Waals surface area contributed by atoms with Gasteiger partial charge in [0.25, 0.3) is 0 Å². The van der Waals surface area contributed by atoms with Gasteiger partial charge >= 0.3 is 15.5 Å². The Morgan fingerprint density at radius 3 is 2.35 bits per heavy atom. The Kier molecular flexibility index (Phi) is 3.99. The van der Waals surface area contributed by atoms with Gasteiger partial charge in [0, 0.05) is 0 Å². The van der Waals surface area contributed by atoms with E-state index in [2.05, 4.69) is 6.07 Å². The lowest BCUT2D eigenvalue weighted by atomic mass is 10.3. The molecule has 0 spiro atoms. The van der Waals surface area contributed by atoms with Crippen LogP contribution in [-0.2, 0) is 10.0 Å². The number of hydrogen-bond acceptors (Lipinski definition) is 3. The predicted molar refractivity (Wildman–Crippen MR) is 53.5 cm³/mol. The number of benzene rings is 1. The van der Waals surface area contributed by atoms with Gasteiger partial charge < -0.3 is 4.74 Å². The lowest BCUT2D eigenvalue weighted by Crippen LogP contribution is -2.43. The summed E-state index contributed by atoms with van der Waals surface area (Å²) in [6.07, 6.45) is -1.33. The van der Waals surface area contributed by atoms with E-state index >= 15 is 0 Å². The first-order valence-corrected chi connectivity index (χ1v) is 5.92. The molecule has 1 atom stereocenters. The SMILES string of the molecule is CC(NS(=O)(=O)C(F)(F)F)Oc1cc[c]cc1. The Balaban J connectivity index is 2.66. The van der Waals surface area contributed by atoms with Crippen molar-refractivity contribution in [2.24, 2.45) is 0 Å². The molecule has 4 nitrogen and oxygen atoms in total. The van der Waals surface area contributed by atoms with Gasteiger partial charge in [-0.15, -0.1) is 0 Å². The highest BCUT2D eigenvalue weighted by atomic mass is 32.2. The van der Waals surface area contributed by atoms with Crippen molar-refractivity contribution in [3.8, 4) is 5.75 Å². The van der Waals surface area contributed by atoms with Gasteiger partial charge in [0.1, 0.15) is 5.75 Å². The van der Waals surface area contributed by atoms with Gasteiger partial charge in [0.05, 0.1) is 0 Å². The molecule has 0 aliphatic carbocycles. The molecule has 1 aromatic carbocycles. The summed E-state index contributed by atoms with van der Waals surface area (Å²) >= 11 is 0. The first kappa shape index (κ1) is 13.8. The van der Waals surface area contributed by atoms with Crippen LogP contribution in [0.15, 0.2) is 24.3 Å². The van der Waals surface area contributed by atoms with Crippen molar-refractivity contribution in [1.82, 2.24) is 4.72 Å². The summed E-state index contributed by atoms with van der Waals surface area (Å²) in [7, 11) is -5.40. The van der Waals surface area contributed by atoms with E-state index in [1.165, 1.54) is 29.0 Å². The number of alkyl halides is 3. The fraction of sp³-hybridized carbons (Fsp3) is 0.333. The molecule has 0 fully saturated rings. The maximum absolute atomic E-state index is 12.0. The molecule has 0 aliphatic heterocycles. The van der Waals surface area contributed by atoms with Gasteiger partial charge in [0.2, 0.25) is 0 Å². The molecule has 0 aromatic heterocycles. The zero-order valence-corrected chi connectivity index (χ0v) is 9.47. The molecule has 1 unspecified atom stereocenters. The van der Waals surface area contributed by atoms with E-state index in [0.717, 1.165) is 6.92 Å². The summed E-state index contributed by atoms with van der Waals surface area (Å²) in [5.74, 6) is 0.237. The van der Waals surface area contributed by atoms with Gasteiger partial charge in [-0.25, -0.2) is 8.42 Å². The van der Waals surface area contributed by atoms with Gasteiger partial charge in [0.15, 0.2) is 6.23 Å². The van der Waals surface area contributed by atoms with Crippen LogP contribution in [0.3, 0.4) is 0 Å². The first-order valence-electron chi connectivity index (χ1n) is 4.44. The minimum Gasteiger partial charge on any atom is -0.475 e. The minimum atomic E-state index is -5.40. The Bertz CT molecular complexity index is 458. The Morgan fingerprint density at radius 1 is 1.35 bits per heavy atom. The second-order valence-electron chi connectivity index (χ2n) is 3.06. The molecule has 8 heteroatoms. The molecule has 0 saturated heterocycles. The fourth-order valence-corrected chi connectivity index (χ4v) is 1.58. The summed E-state index contributed by atoms with van der Waals surface area (Å²) in [4.78, 5) is 0. The van der Waals surface area contributed by atoms with E-state index in [9.17, 15) is 21.6 Å². The first-order chi connectivity index (χ1) is 7.72. The molecule has 1 rings (SSSR count). The summed E-state index contributed by atoms with van der Waals surface area (Å²) in [5.41, 5.74) is -5.35. The largest absolute Gasteiger partial charge is 0.511 e. The molecular formula is C9H9F3NO3S. The van der Waals surface area contributed by atoms with Gasteiger partial charge in [-0.1, -0.05) is 12.1 Å². The van der Waals surface area contributed by atoms with Crippen LogP contribution in [0.5, 0.6) is 5.75 Å². The highest BCUT2D eigenvalue weighted by molar-refractivity contribution is 7.90. The third-order valence-corrected chi connectivity index (χ3v) is 2.88. The number of halogens is 3. The van der Waals surface area contributed by atoms with E-state index in [1.54, 1.807) is 0 Å². The van der Waals surface area contributed by atoms with Crippen molar-refractivity contribution < 1.29 is 26.3 Å². The Labute approximate surface area is 96.4 Å². The molecule has 0 aliphatic rings. The molecule has 17 heavy (non-hydrogen) atoms. The van der Waals surface area contributed by atoms with E-state index in [-0.39, 0.29) is 5.75 Å². The number of nitrogens with one attached hydrogen (secondary N) is 1. The number of rotatable bonds is 4. The standard InChI is InChI=1S/C9H9F3NO3S/c1-7(13-17(14,15)9(10,11)12)16-8-5-3-2-4-6-8/h3-7,13H,1H3. The van der Waals surface area contributed by atoms with Crippen molar-refractivity contribution in [2.45, 2.75) is 18.7 Å². The molecule has 95 valence electrons. The summed E-state index contributed by atoms with van der Waals surface area (Å²) in [5, 5.41) is 0. The average molecular weight is 268 g/mol. The van der Waals surface area contributed by atoms with Crippen LogP contribution in [0.1, 0.15) is 6.92 Å². The number of sulfonamides is 1. The van der Waals surface area contributed by atoms with Crippen LogP contribution < -0.4 is 9.46 Å². The Morgan fingerprint density at radius 2 is 1.88 bits per heavy atom. The molecule has 1 N–H and O–H groups in total. The van der Waals surface area contributed by atoms with Crippen LogP contribution in [0.2, 0.25) is 0 Å². The van der Waals surface area contributed by atoms with Crippen molar-refractivity contribution in [2.75, 3.05) is 0 Å². The third-order valence-electron chi connectivity index (χ3n) is 1.63. The molecule has 1 aromatic rings. The number of hydrogen-bond donors (Lipinski definition) is 1. The van der Waals surface area contributed by atoms with Crippen molar-refractivity contribution >= 4 is 10.0 Å². The molecular weight excluding hydrogens is 259 g/mol. The fourth-order valence-electron chi connectivity index (χ4n) is 0.964. The van der Waals surface area contributed by atoms with Crippen molar-refractivity contribution in [3.05, 3.63) is 30.3 Å². The Hall–Kier alpha value is -1.28. The maximum Gasteiger partial charge on any atom is 0.511 e. The van der Waals surface area contributed by atoms with E-state index in [4.69, 9.17) is 4.74 Å². The topological polar surface area (TPSA) is 55.4 Å². The quantitative estimate of drug-likeness (QED) is 0.845. The lowest BCUT2D eigenvalue weighted by Gasteiger charge is -2.17. The minimum absolute atomic E-state index is 0.237. The van der Waals surface area contributed by atoms with E-state index in [0.29, 0.717) is 0 Å². The molecule has 0 heterocycles. The number of ether oxygens (including phenoxy) is 1. The lowest BCUT2D eigenvalue weighted by molar-refractivity contribution is -0.0460. The molecule has 0 amide bonds. The molecule has 1 radical (unpaired) electrons. The zero-order chi connectivity index (χ0) is 13.1.